The molecule has 28 heteroatoms. The monoisotopic (exact) mass is 1250 g/mol. The lowest BCUT2D eigenvalue weighted by Crippen LogP contribution is -2.59. The minimum absolute atomic E-state index is 0.126. The summed E-state index contributed by atoms with van der Waals surface area (Å²) in [6, 6.07) is 0. The largest absolute Gasteiger partial charge is 0.481 e. The summed E-state index contributed by atoms with van der Waals surface area (Å²) < 4.78 is 52.2. The van der Waals surface area contributed by atoms with Gasteiger partial charge in [-0.2, -0.15) is 0 Å². The van der Waals surface area contributed by atoms with E-state index in [9.17, 15) is 95.8 Å². The van der Waals surface area contributed by atoms with Gasteiger partial charge >= 0.3 is 23.9 Å². The summed E-state index contributed by atoms with van der Waals surface area (Å²) in [5.41, 5.74) is 0. The molecular weight excluding hydrogens is 1140 g/mol. The van der Waals surface area contributed by atoms with Crippen molar-refractivity contribution in [1.29, 1.82) is 0 Å². The summed E-state index contributed by atoms with van der Waals surface area (Å²) >= 11 is 0. The van der Waals surface area contributed by atoms with Crippen molar-refractivity contribution in [3.63, 3.8) is 0 Å². The fourth-order valence-corrected chi connectivity index (χ4v) is 10.7. The van der Waals surface area contributed by atoms with E-state index in [-0.39, 0.29) is 38.5 Å². The number of hydrogen-bond donors (Lipinski definition) is 15. The first kappa shape index (κ1) is 77.3. The number of carboxylic acid groups (broad SMARTS) is 1. The van der Waals surface area contributed by atoms with Crippen LogP contribution in [0.2, 0.25) is 0 Å². The third kappa shape index (κ3) is 26.9. The van der Waals surface area contributed by atoms with Crippen LogP contribution in [0.25, 0.3) is 0 Å². The Morgan fingerprint density at radius 1 is 0.360 bits per heavy atom. The molecule has 0 aromatic rings. The van der Waals surface area contributed by atoms with Crippen molar-refractivity contribution in [3.05, 3.63) is 0 Å². The van der Waals surface area contributed by atoms with Crippen molar-refractivity contribution in [3.8, 4) is 0 Å². The fourth-order valence-electron chi connectivity index (χ4n) is 10.7. The molecule has 23 unspecified atom stereocenters. The summed E-state index contributed by atoms with van der Waals surface area (Å²) in [6.45, 7) is 5.53. The van der Waals surface area contributed by atoms with Crippen molar-refractivity contribution in [2.24, 2.45) is 0 Å². The molecule has 0 spiro atoms. The number of hydrogen-bond acceptors (Lipinski definition) is 27. The van der Waals surface area contributed by atoms with Crippen LogP contribution in [-0.2, 0) is 61.8 Å². The highest BCUT2D eigenvalue weighted by Gasteiger charge is 2.48. The second-order valence-electron chi connectivity index (χ2n) is 23.1. The molecule has 0 aliphatic carbocycles. The second kappa shape index (κ2) is 41.5. The van der Waals surface area contributed by atoms with E-state index in [1.807, 2.05) is 27.7 Å². The molecule has 15 N–H and O–H groups in total. The number of aliphatic hydroxyl groups excluding tert-OH is 14. The molecule has 0 radical (unpaired) electrons. The van der Waals surface area contributed by atoms with Crippen LogP contribution in [0, 0.1) is 0 Å². The predicted octanol–water partition coefficient (Wildman–Crippen LogP) is -0.474. The molecule has 3 heterocycles. The maximum Gasteiger partial charge on any atom is 0.308 e. The van der Waals surface area contributed by atoms with Gasteiger partial charge in [-0.05, 0) is 44.9 Å². The SMILES string of the molecule is CCCCCC(CC(O)CC(=O)OC(CCCCC)CC(CC(=O)OC(CCCCC)CC(CC(=O)O)OC1OC(CO)C(O)C(O)C1O)OC1OC(CO)C(O)C(O)C1O)OC(=O)CC(O)CC(CCCCC)OC1OC(CO)C(O)C(O)C1O. The van der Waals surface area contributed by atoms with Crippen LogP contribution in [0.4, 0.5) is 0 Å². The molecule has 3 aliphatic heterocycles. The first-order chi connectivity index (χ1) is 40.9. The summed E-state index contributed by atoms with van der Waals surface area (Å²) in [5.74, 6) is -4.00. The van der Waals surface area contributed by atoms with Crippen LogP contribution >= 0.6 is 0 Å². The van der Waals surface area contributed by atoms with Gasteiger partial charge in [0, 0.05) is 25.7 Å². The van der Waals surface area contributed by atoms with Gasteiger partial charge in [0.2, 0.25) is 0 Å². The highest BCUT2D eigenvalue weighted by atomic mass is 16.7. The zero-order chi connectivity index (χ0) is 64.0. The number of unbranched alkanes of at least 4 members (excludes halogenated alkanes) is 8. The van der Waals surface area contributed by atoms with Gasteiger partial charge < -0.3 is 119 Å². The average Bonchev–Trinajstić information content (AvgIpc) is 1.41. The normalized spacial score (nSPS) is 30.7. The van der Waals surface area contributed by atoms with E-state index in [0.717, 1.165) is 38.5 Å². The number of aliphatic hydroxyl groups is 14. The van der Waals surface area contributed by atoms with Gasteiger partial charge in [0.05, 0.1) is 76.0 Å². The summed E-state index contributed by atoms with van der Waals surface area (Å²) in [5, 5.41) is 156. The second-order valence-corrected chi connectivity index (χ2v) is 23.1. The maximum atomic E-state index is 14.1. The fraction of sp³-hybridized carbons (Fsp3) is 0.931. The van der Waals surface area contributed by atoms with E-state index in [0.29, 0.717) is 51.4 Å². The standard InChI is InChI=1S/C58H104O28/c1-5-9-13-17-34(78-44(66)24-33(63)22-35(18-14-10-6-2)81-56-53(75)50(72)47(69)40(29-59)84-56)21-32(62)23-45(67)79-37(20-16-12-8-4)26-39(83-58-55(77)52(74)49(71)42(31-61)86-58)28-46(68)80-36(19-15-11-7-3)25-38(27-43(64)65)82-57-54(76)51(73)48(70)41(30-60)85-57/h32-42,47-63,69-77H,5-31H2,1-4H3,(H,64,65). The van der Waals surface area contributed by atoms with Crippen LogP contribution < -0.4 is 0 Å². The van der Waals surface area contributed by atoms with Crippen LogP contribution in [-0.4, -0.2) is 261 Å². The van der Waals surface area contributed by atoms with E-state index in [2.05, 4.69) is 0 Å². The third-order valence-corrected chi connectivity index (χ3v) is 15.7. The lowest BCUT2D eigenvalue weighted by Gasteiger charge is -2.41. The molecule has 3 rings (SSSR count). The van der Waals surface area contributed by atoms with Crippen LogP contribution in [0.15, 0.2) is 0 Å². The zero-order valence-corrected chi connectivity index (χ0v) is 50.4. The number of rotatable bonds is 44. The van der Waals surface area contributed by atoms with Gasteiger partial charge in [0.15, 0.2) is 18.9 Å². The highest BCUT2D eigenvalue weighted by Crippen LogP contribution is 2.31. The van der Waals surface area contributed by atoms with Crippen LogP contribution in [0.3, 0.4) is 0 Å². The Morgan fingerprint density at radius 2 is 0.640 bits per heavy atom. The van der Waals surface area contributed by atoms with Gasteiger partial charge in [-0.1, -0.05) is 85.5 Å². The molecule has 0 saturated carbocycles. The van der Waals surface area contributed by atoms with E-state index in [4.69, 9.17) is 42.6 Å². The highest BCUT2D eigenvalue weighted by molar-refractivity contribution is 5.71. The number of carbonyl (C=O) groups is 4. The minimum atomic E-state index is -1.92. The van der Waals surface area contributed by atoms with E-state index in [1.165, 1.54) is 0 Å². The number of carbonyl (C=O) groups excluding carboxylic acids is 3. The Labute approximate surface area is 503 Å². The molecule has 0 aromatic carbocycles. The molecular formula is C58H104O28. The quantitative estimate of drug-likeness (QED) is 0.0208. The summed E-state index contributed by atoms with van der Waals surface area (Å²) in [7, 11) is 0. The molecule has 504 valence electrons. The zero-order valence-electron chi connectivity index (χ0n) is 50.4. The maximum absolute atomic E-state index is 14.1. The number of esters is 3. The van der Waals surface area contributed by atoms with E-state index >= 15 is 0 Å². The first-order valence-electron chi connectivity index (χ1n) is 31.0. The van der Waals surface area contributed by atoms with Crippen molar-refractivity contribution in [2.75, 3.05) is 19.8 Å². The molecule has 28 nitrogen and oxygen atoms in total. The average molecular weight is 1250 g/mol. The van der Waals surface area contributed by atoms with Gasteiger partial charge in [-0.25, -0.2) is 0 Å². The number of ether oxygens (including phenoxy) is 9. The lowest BCUT2D eigenvalue weighted by atomic mass is 9.98. The summed E-state index contributed by atoms with van der Waals surface area (Å²) in [4.78, 5) is 53.5. The van der Waals surface area contributed by atoms with Crippen molar-refractivity contribution >= 4 is 23.9 Å². The molecule has 0 amide bonds. The molecule has 23 atom stereocenters. The van der Waals surface area contributed by atoms with Crippen LogP contribution in [0.1, 0.15) is 182 Å². The molecule has 3 saturated heterocycles. The van der Waals surface area contributed by atoms with Crippen molar-refractivity contribution < 1.29 is 138 Å². The first-order valence-corrected chi connectivity index (χ1v) is 31.0. The molecule has 3 fully saturated rings. The third-order valence-electron chi connectivity index (χ3n) is 15.7. The van der Waals surface area contributed by atoms with Gasteiger partial charge in [0.25, 0.3) is 0 Å². The number of carboxylic acids is 1. The minimum Gasteiger partial charge on any atom is -0.481 e. The number of aliphatic carboxylic acids is 1. The van der Waals surface area contributed by atoms with Gasteiger partial charge in [-0.3, -0.25) is 19.2 Å². The Bertz CT molecular complexity index is 1870. The van der Waals surface area contributed by atoms with E-state index in [1.54, 1.807) is 0 Å². The summed E-state index contributed by atoms with van der Waals surface area (Å²) in [6.07, 6.45) is -28.4. The van der Waals surface area contributed by atoms with Crippen LogP contribution in [0.5, 0.6) is 0 Å². The predicted molar refractivity (Wildman–Crippen MR) is 299 cm³/mol. The molecule has 0 aromatic heterocycles. The Hall–Kier alpha value is -2.92. The van der Waals surface area contributed by atoms with Crippen molar-refractivity contribution in [2.45, 2.75) is 323 Å². The Balaban J connectivity index is 1.82. The Morgan fingerprint density at radius 3 is 0.953 bits per heavy atom. The lowest BCUT2D eigenvalue weighted by molar-refractivity contribution is -0.313. The Kier molecular flexibility index (Phi) is 37.3. The van der Waals surface area contributed by atoms with Gasteiger partial charge in [-0.15, -0.1) is 0 Å². The molecule has 0 bridgehead atoms. The smallest absolute Gasteiger partial charge is 0.308 e. The topological polar surface area (TPSA) is 455 Å². The van der Waals surface area contributed by atoms with Gasteiger partial charge in [0.1, 0.15) is 91.6 Å². The van der Waals surface area contributed by atoms with Crippen molar-refractivity contribution in [1.82, 2.24) is 0 Å². The molecule has 3 aliphatic rings. The molecule has 86 heavy (non-hydrogen) atoms. The van der Waals surface area contributed by atoms with E-state index < -0.39 is 210 Å².